The highest BCUT2D eigenvalue weighted by atomic mass is 16.5. The lowest BCUT2D eigenvalue weighted by Gasteiger charge is -2.21. The van der Waals surface area contributed by atoms with Gasteiger partial charge in [-0.05, 0) is 62.2 Å². The lowest BCUT2D eigenvalue weighted by molar-refractivity contribution is 0.287. The van der Waals surface area contributed by atoms with Gasteiger partial charge in [0.25, 0.3) is 5.95 Å². The molecule has 4 rings (SSSR count). The van der Waals surface area contributed by atoms with E-state index >= 15 is 0 Å². The maximum Gasteiger partial charge on any atom is 0.286 e. The van der Waals surface area contributed by atoms with E-state index in [-0.39, 0.29) is 6.04 Å². The molecule has 1 aliphatic heterocycles. The molecule has 8 heteroatoms. The second kappa shape index (κ2) is 8.44. The molecule has 0 aliphatic carbocycles. The average molecular weight is 407 g/mol. The van der Waals surface area contributed by atoms with Gasteiger partial charge in [0.2, 0.25) is 6.39 Å². The van der Waals surface area contributed by atoms with E-state index in [9.17, 15) is 0 Å². The predicted octanol–water partition coefficient (Wildman–Crippen LogP) is 3.65. The van der Waals surface area contributed by atoms with E-state index in [1.807, 2.05) is 50.2 Å². The van der Waals surface area contributed by atoms with Crippen LogP contribution in [0.2, 0.25) is 0 Å². The fourth-order valence-corrected chi connectivity index (χ4v) is 3.55. The summed E-state index contributed by atoms with van der Waals surface area (Å²) >= 11 is 0. The first-order valence-electron chi connectivity index (χ1n) is 10.0. The van der Waals surface area contributed by atoms with E-state index in [1.165, 1.54) is 6.39 Å². The summed E-state index contributed by atoms with van der Waals surface area (Å²) < 4.78 is 16.7. The van der Waals surface area contributed by atoms with Gasteiger partial charge in [0.05, 0.1) is 25.0 Å². The molecule has 2 N–H and O–H groups in total. The van der Waals surface area contributed by atoms with Crippen LogP contribution in [0.5, 0.6) is 11.5 Å². The minimum absolute atomic E-state index is 0.0000479. The normalized spacial score (nSPS) is 15.9. The van der Waals surface area contributed by atoms with Crippen LogP contribution in [-0.2, 0) is 6.42 Å². The van der Waals surface area contributed by atoms with Crippen molar-refractivity contribution in [2.24, 2.45) is 5.10 Å². The van der Waals surface area contributed by atoms with Crippen LogP contribution in [-0.4, -0.2) is 35.1 Å². The molecule has 30 heavy (non-hydrogen) atoms. The summed E-state index contributed by atoms with van der Waals surface area (Å²) in [7, 11) is 0. The van der Waals surface area contributed by atoms with Gasteiger partial charge in [-0.1, -0.05) is 12.1 Å². The second-order valence-corrected chi connectivity index (χ2v) is 7.02. The Bertz CT molecular complexity index is 1030. The lowest BCUT2D eigenvalue weighted by atomic mass is 9.94. The fraction of sp³-hybridized carbons (Fsp3) is 0.318. The number of nitrogens with two attached hydrogens (primary N) is 1. The van der Waals surface area contributed by atoms with E-state index in [4.69, 9.17) is 24.8 Å². The van der Waals surface area contributed by atoms with Gasteiger partial charge in [-0.2, -0.15) is 10.1 Å². The third-order valence-electron chi connectivity index (χ3n) is 4.90. The molecule has 0 amide bonds. The van der Waals surface area contributed by atoms with Crippen LogP contribution in [0.3, 0.4) is 0 Å². The van der Waals surface area contributed by atoms with E-state index in [0.717, 1.165) is 34.6 Å². The predicted molar refractivity (Wildman–Crippen MR) is 115 cm³/mol. The fourth-order valence-electron chi connectivity index (χ4n) is 3.55. The molecule has 1 aliphatic rings. The molecule has 0 fully saturated rings. The molecule has 2 heterocycles. The SMILES string of the molecule is CCOc1cc2c(cc1OCC)C(c1ccc(N)cc1)=NN(c1ncon1)C(C)C2. The Balaban J connectivity index is 1.91. The maximum atomic E-state index is 5.91. The summed E-state index contributed by atoms with van der Waals surface area (Å²) in [5.74, 6) is 1.84. The highest BCUT2D eigenvalue weighted by Crippen LogP contribution is 2.35. The number of hydrogen-bond acceptors (Lipinski definition) is 8. The van der Waals surface area contributed by atoms with Crippen molar-refractivity contribution < 1.29 is 14.0 Å². The van der Waals surface area contributed by atoms with Crippen LogP contribution in [0.1, 0.15) is 37.5 Å². The second-order valence-electron chi connectivity index (χ2n) is 7.02. The largest absolute Gasteiger partial charge is 0.490 e. The minimum Gasteiger partial charge on any atom is -0.490 e. The lowest BCUT2D eigenvalue weighted by Crippen LogP contribution is -2.30. The first kappa shape index (κ1) is 19.8. The Labute approximate surface area is 175 Å². The number of aromatic nitrogens is 2. The van der Waals surface area contributed by atoms with Crippen molar-refractivity contribution in [3.05, 3.63) is 59.5 Å². The standard InChI is InChI=1S/C22H25N5O3/c1-4-28-19-11-16-10-14(3)27(22-24-13-30-26-22)25-21(15-6-8-17(23)9-7-15)18(16)12-20(19)29-5-2/h6-9,11-14H,4-5,10,23H2,1-3H3. The summed E-state index contributed by atoms with van der Waals surface area (Å²) in [5, 5.41) is 10.7. The molecule has 156 valence electrons. The molecule has 0 saturated carbocycles. The first-order valence-corrected chi connectivity index (χ1v) is 10.0. The highest BCUT2D eigenvalue weighted by Gasteiger charge is 2.28. The average Bonchev–Trinajstić information content (AvgIpc) is 3.22. The van der Waals surface area contributed by atoms with Crippen LogP contribution in [0.4, 0.5) is 11.6 Å². The molecule has 1 unspecified atom stereocenters. The van der Waals surface area contributed by atoms with Crippen molar-refractivity contribution in [3.8, 4) is 11.5 Å². The smallest absolute Gasteiger partial charge is 0.286 e. The van der Waals surface area contributed by atoms with Crippen LogP contribution < -0.4 is 20.2 Å². The van der Waals surface area contributed by atoms with Crippen molar-refractivity contribution in [2.45, 2.75) is 33.2 Å². The van der Waals surface area contributed by atoms with Crippen molar-refractivity contribution in [2.75, 3.05) is 24.0 Å². The van der Waals surface area contributed by atoms with Crippen LogP contribution in [0.15, 0.2) is 52.4 Å². The van der Waals surface area contributed by atoms with E-state index < -0.39 is 0 Å². The monoisotopic (exact) mass is 407 g/mol. The third kappa shape index (κ3) is 3.80. The Kier molecular flexibility index (Phi) is 5.56. The molecule has 0 spiro atoms. The van der Waals surface area contributed by atoms with Gasteiger partial charge in [-0.15, -0.1) is 0 Å². The molecular formula is C22H25N5O3. The van der Waals surface area contributed by atoms with E-state index in [0.29, 0.717) is 30.6 Å². The third-order valence-corrected chi connectivity index (χ3v) is 4.90. The number of ether oxygens (including phenoxy) is 2. The molecule has 1 aromatic heterocycles. The number of nitrogens with zero attached hydrogens (tertiary/aromatic N) is 4. The van der Waals surface area contributed by atoms with Gasteiger partial charge in [-0.25, -0.2) is 5.01 Å². The van der Waals surface area contributed by atoms with Crippen molar-refractivity contribution in [3.63, 3.8) is 0 Å². The Morgan fingerprint density at radius 1 is 1.10 bits per heavy atom. The quantitative estimate of drug-likeness (QED) is 0.623. The topological polar surface area (TPSA) is 99.0 Å². The zero-order chi connectivity index (χ0) is 21.1. The minimum atomic E-state index is 0.0000479. The Hall–Kier alpha value is -3.55. The molecule has 1 atom stereocenters. The van der Waals surface area contributed by atoms with Gasteiger partial charge in [0.15, 0.2) is 11.5 Å². The summed E-state index contributed by atoms with van der Waals surface area (Å²) in [6, 6.07) is 11.7. The van der Waals surface area contributed by atoms with Crippen molar-refractivity contribution in [1.29, 1.82) is 0 Å². The van der Waals surface area contributed by atoms with E-state index in [2.05, 4.69) is 17.1 Å². The van der Waals surface area contributed by atoms with E-state index in [1.54, 1.807) is 5.01 Å². The number of nitrogen functional groups attached to an aromatic ring is 1. The number of benzene rings is 2. The van der Waals surface area contributed by atoms with Gasteiger partial charge in [0.1, 0.15) is 0 Å². The molecule has 0 saturated heterocycles. The van der Waals surface area contributed by atoms with Crippen LogP contribution in [0, 0.1) is 0 Å². The molecular weight excluding hydrogens is 382 g/mol. The Morgan fingerprint density at radius 3 is 2.43 bits per heavy atom. The first-order chi connectivity index (χ1) is 14.6. The summed E-state index contributed by atoms with van der Waals surface area (Å²) in [6.07, 6.45) is 2.03. The Morgan fingerprint density at radius 2 is 1.80 bits per heavy atom. The number of fused-ring (bicyclic) bond motifs is 1. The summed E-state index contributed by atoms with van der Waals surface area (Å²) in [4.78, 5) is 4.20. The number of anilines is 2. The van der Waals surface area contributed by atoms with Crippen molar-refractivity contribution in [1.82, 2.24) is 10.1 Å². The van der Waals surface area contributed by atoms with Crippen molar-refractivity contribution >= 4 is 17.3 Å². The maximum absolute atomic E-state index is 5.91. The molecule has 0 radical (unpaired) electrons. The zero-order valence-electron chi connectivity index (χ0n) is 17.3. The summed E-state index contributed by atoms with van der Waals surface area (Å²) in [6.45, 7) is 7.09. The molecule has 8 nitrogen and oxygen atoms in total. The zero-order valence-corrected chi connectivity index (χ0v) is 17.3. The number of hydrogen-bond donors (Lipinski definition) is 1. The van der Waals surface area contributed by atoms with Gasteiger partial charge in [0, 0.05) is 16.8 Å². The molecule has 2 aromatic carbocycles. The molecule has 0 bridgehead atoms. The highest BCUT2D eigenvalue weighted by molar-refractivity contribution is 6.14. The van der Waals surface area contributed by atoms with Crippen LogP contribution >= 0.6 is 0 Å². The number of rotatable bonds is 6. The molecule has 3 aromatic rings. The van der Waals surface area contributed by atoms with Gasteiger partial charge in [-0.3, -0.25) is 0 Å². The van der Waals surface area contributed by atoms with Crippen LogP contribution in [0.25, 0.3) is 0 Å². The van der Waals surface area contributed by atoms with Gasteiger partial charge >= 0.3 is 0 Å². The number of hydrazone groups is 1. The summed E-state index contributed by atoms with van der Waals surface area (Å²) in [5.41, 5.74) is 10.4. The van der Waals surface area contributed by atoms with Gasteiger partial charge < -0.3 is 19.7 Å².